The summed E-state index contributed by atoms with van der Waals surface area (Å²) in [6.45, 7) is 2.48. The molecule has 2 N–H and O–H groups in total. The van der Waals surface area contributed by atoms with Gasteiger partial charge in [0, 0.05) is 24.6 Å². The predicted molar refractivity (Wildman–Crippen MR) is 143 cm³/mol. The highest BCUT2D eigenvalue weighted by molar-refractivity contribution is 5.90. The maximum atomic E-state index is 12.3. The summed E-state index contributed by atoms with van der Waals surface area (Å²) in [4.78, 5) is 12.3. The first kappa shape index (κ1) is 23.3. The fourth-order valence-electron chi connectivity index (χ4n) is 4.85. The molecule has 0 aliphatic carbocycles. The van der Waals surface area contributed by atoms with E-state index in [9.17, 15) is 4.79 Å². The van der Waals surface area contributed by atoms with Crippen molar-refractivity contribution in [1.29, 1.82) is 0 Å². The molecule has 1 saturated heterocycles. The maximum Gasteiger partial charge on any atom is 0.224 e. The van der Waals surface area contributed by atoms with Gasteiger partial charge in [0.2, 0.25) is 5.91 Å². The number of anilines is 1. The zero-order valence-corrected chi connectivity index (χ0v) is 20.0. The summed E-state index contributed by atoms with van der Waals surface area (Å²) < 4.78 is 6.44. The van der Waals surface area contributed by atoms with Gasteiger partial charge in [-0.15, -0.1) is 0 Å². The van der Waals surface area contributed by atoms with E-state index in [-0.39, 0.29) is 12.0 Å². The average Bonchev–Trinajstić information content (AvgIpc) is 2.92. The predicted octanol–water partition coefficient (Wildman–Crippen LogP) is 6.07. The second-order valence-electron chi connectivity index (χ2n) is 9.29. The van der Waals surface area contributed by atoms with Crippen LogP contribution in [0.15, 0.2) is 97.1 Å². The van der Waals surface area contributed by atoms with E-state index >= 15 is 0 Å². The van der Waals surface area contributed by atoms with E-state index in [0.29, 0.717) is 18.9 Å². The van der Waals surface area contributed by atoms with Crippen molar-refractivity contribution in [3.05, 3.63) is 114 Å². The van der Waals surface area contributed by atoms with Gasteiger partial charge in [0.1, 0.15) is 0 Å². The number of nitrogens with one attached hydrogen (secondary N) is 2. The summed E-state index contributed by atoms with van der Waals surface area (Å²) >= 11 is 0. The van der Waals surface area contributed by atoms with Crippen molar-refractivity contribution < 1.29 is 9.53 Å². The Bertz CT molecular complexity index is 1250. The normalized spacial score (nSPS) is 17.8. The number of hydrogen-bond donors (Lipinski definition) is 2. The van der Waals surface area contributed by atoms with Crippen LogP contribution in [0.5, 0.6) is 0 Å². The standard InChI is InChI=1S/C31H32N2O2/c34-31(33-28-8-2-1-3-9-28)17-13-23-10-15-26(16-11-23)29-18-19-32-21-30(29)35-22-24-12-14-25-6-4-5-7-27(25)20-24/h1-12,14-16,20,29-30,32H,13,17-19,21-22H2,(H,33,34). The highest BCUT2D eigenvalue weighted by Gasteiger charge is 2.27. The molecule has 0 aromatic heterocycles. The molecular weight excluding hydrogens is 432 g/mol. The van der Waals surface area contributed by atoms with Crippen molar-refractivity contribution in [2.75, 3.05) is 18.4 Å². The molecule has 0 bridgehead atoms. The zero-order chi connectivity index (χ0) is 23.9. The van der Waals surface area contributed by atoms with Gasteiger partial charge in [0.05, 0.1) is 12.7 Å². The summed E-state index contributed by atoms with van der Waals surface area (Å²) in [5.41, 5.74) is 4.54. The van der Waals surface area contributed by atoms with Crippen LogP contribution in [0.25, 0.3) is 10.8 Å². The van der Waals surface area contributed by atoms with E-state index in [0.717, 1.165) is 31.6 Å². The molecule has 4 nitrogen and oxygen atoms in total. The Hall–Kier alpha value is -3.47. The van der Waals surface area contributed by atoms with Crippen molar-refractivity contribution in [2.45, 2.75) is 37.9 Å². The number of aryl methyl sites for hydroxylation is 1. The van der Waals surface area contributed by atoms with Crippen LogP contribution >= 0.6 is 0 Å². The van der Waals surface area contributed by atoms with E-state index in [1.165, 1.54) is 27.5 Å². The van der Waals surface area contributed by atoms with Crippen LogP contribution in [-0.2, 0) is 22.6 Å². The van der Waals surface area contributed by atoms with E-state index < -0.39 is 0 Å². The van der Waals surface area contributed by atoms with E-state index in [1.807, 2.05) is 30.3 Å². The third kappa shape index (κ3) is 6.16. The lowest BCUT2D eigenvalue weighted by atomic mass is 9.87. The Kier molecular flexibility index (Phi) is 7.52. The van der Waals surface area contributed by atoms with Crippen LogP contribution in [0.1, 0.15) is 35.4 Å². The Labute approximate surface area is 207 Å². The van der Waals surface area contributed by atoms with Gasteiger partial charge >= 0.3 is 0 Å². The molecule has 0 saturated carbocycles. The molecule has 5 rings (SSSR count). The van der Waals surface area contributed by atoms with E-state index in [2.05, 4.69) is 77.4 Å². The van der Waals surface area contributed by atoms with Crippen molar-refractivity contribution in [2.24, 2.45) is 0 Å². The SMILES string of the molecule is O=C(CCc1ccc(C2CCNCC2OCc2ccc3ccccc3c2)cc1)Nc1ccccc1. The Morgan fingerprint density at radius 2 is 1.60 bits per heavy atom. The van der Waals surface area contributed by atoms with E-state index in [1.54, 1.807) is 0 Å². The van der Waals surface area contributed by atoms with Crippen LogP contribution in [0.4, 0.5) is 5.69 Å². The van der Waals surface area contributed by atoms with Crippen LogP contribution in [0.2, 0.25) is 0 Å². The first-order valence-electron chi connectivity index (χ1n) is 12.5. The first-order chi connectivity index (χ1) is 17.2. The summed E-state index contributed by atoms with van der Waals surface area (Å²) in [7, 11) is 0. The molecule has 4 aromatic carbocycles. The van der Waals surface area contributed by atoms with Crippen LogP contribution < -0.4 is 10.6 Å². The summed E-state index contributed by atoms with van der Waals surface area (Å²) in [5.74, 6) is 0.410. The van der Waals surface area contributed by atoms with Gasteiger partial charge in [0.15, 0.2) is 0 Å². The van der Waals surface area contributed by atoms with Gasteiger partial charge in [-0.05, 0) is 65.0 Å². The van der Waals surface area contributed by atoms with Gasteiger partial charge in [-0.25, -0.2) is 0 Å². The average molecular weight is 465 g/mol. The lowest BCUT2D eigenvalue weighted by molar-refractivity contribution is -0.116. The third-order valence-electron chi connectivity index (χ3n) is 6.81. The molecule has 0 radical (unpaired) electrons. The summed E-state index contributed by atoms with van der Waals surface area (Å²) in [6, 6.07) is 33.4. The number of ether oxygens (including phenoxy) is 1. The minimum atomic E-state index is 0.0424. The molecule has 35 heavy (non-hydrogen) atoms. The molecule has 1 fully saturated rings. The van der Waals surface area contributed by atoms with Crippen LogP contribution in [0, 0.1) is 0 Å². The number of benzene rings is 4. The molecule has 2 unspecified atom stereocenters. The smallest absolute Gasteiger partial charge is 0.224 e. The number of carbonyl (C=O) groups is 1. The van der Waals surface area contributed by atoms with Gasteiger partial charge in [-0.2, -0.15) is 0 Å². The fraction of sp³-hybridized carbons (Fsp3) is 0.258. The number of rotatable bonds is 8. The Morgan fingerprint density at radius 1 is 0.857 bits per heavy atom. The van der Waals surface area contributed by atoms with Crippen molar-refractivity contribution in [3.63, 3.8) is 0 Å². The van der Waals surface area contributed by atoms with Crippen LogP contribution in [-0.4, -0.2) is 25.1 Å². The second-order valence-corrected chi connectivity index (χ2v) is 9.29. The molecule has 0 spiro atoms. The topological polar surface area (TPSA) is 50.4 Å². The number of para-hydroxylation sites is 1. The van der Waals surface area contributed by atoms with Gasteiger partial charge in [-0.3, -0.25) is 4.79 Å². The molecule has 2 atom stereocenters. The molecular formula is C31H32N2O2. The van der Waals surface area contributed by atoms with Crippen molar-refractivity contribution >= 4 is 22.4 Å². The molecule has 1 heterocycles. The number of fused-ring (bicyclic) bond motifs is 1. The summed E-state index contributed by atoms with van der Waals surface area (Å²) in [5, 5.41) is 8.96. The number of amides is 1. The third-order valence-corrected chi connectivity index (χ3v) is 6.81. The molecule has 1 aliphatic rings. The van der Waals surface area contributed by atoms with Gasteiger partial charge in [-0.1, -0.05) is 78.9 Å². The number of hydrogen-bond acceptors (Lipinski definition) is 3. The minimum absolute atomic E-state index is 0.0424. The lowest BCUT2D eigenvalue weighted by Gasteiger charge is -2.32. The Balaban J connectivity index is 1.17. The largest absolute Gasteiger partial charge is 0.372 e. The maximum absolute atomic E-state index is 12.3. The molecule has 1 amide bonds. The summed E-state index contributed by atoms with van der Waals surface area (Å²) in [6.07, 6.45) is 2.39. The Morgan fingerprint density at radius 3 is 2.43 bits per heavy atom. The second kappa shape index (κ2) is 11.3. The number of carbonyl (C=O) groups excluding carboxylic acids is 1. The van der Waals surface area contributed by atoms with Gasteiger partial charge < -0.3 is 15.4 Å². The van der Waals surface area contributed by atoms with Crippen molar-refractivity contribution in [3.8, 4) is 0 Å². The zero-order valence-electron chi connectivity index (χ0n) is 20.0. The van der Waals surface area contributed by atoms with E-state index in [4.69, 9.17) is 4.74 Å². The first-order valence-corrected chi connectivity index (χ1v) is 12.5. The molecule has 4 aromatic rings. The number of piperidine rings is 1. The molecule has 1 aliphatic heterocycles. The fourth-order valence-corrected chi connectivity index (χ4v) is 4.85. The van der Waals surface area contributed by atoms with Gasteiger partial charge in [0.25, 0.3) is 0 Å². The van der Waals surface area contributed by atoms with Crippen LogP contribution in [0.3, 0.4) is 0 Å². The van der Waals surface area contributed by atoms with Crippen molar-refractivity contribution in [1.82, 2.24) is 5.32 Å². The monoisotopic (exact) mass is 464 g/mol. The minimum Gasteiger partial charge on any atom is -0.372 e. The molecule has 178 valence electrons. The quantitative estimate of drug-likeness (QED) is 0.333. The highest BCUT2D eigenvalue weighted by Crippen LogP contribution is 2.29. The molecule has 4 heteroatoms. The lowest BCUT2D eigenvalue weighted by Crippen LogP contribution is -2.40. The highest BCUT2D eigenvalue weighted by atomic mass is 16.5.